The zero-order valence-electron chi connectivity index (χ0n) is 19.4. The lowest BCUT2D eigenvalue weighted by molar-refractivity contribution is -0.140. The summed E-state index contributed by atoms with van der Waals surface area (Å²) in [4.78, 5) is 19.3. The Kier molecular flexibility index (Phi) is 6.52. The molecule has 0 aliphatic carbocycles. The maximum atomic E-state index is 13.6. The van der Waals surface area contributed by atoms with E-state index in [0.717, 1.165) is 37.7 Å². The van der Waals surface area contributed by atoms with Crippen LogP contribution in [0, 0.1) is 5.92 Å². The van der Waals surface area contributed by atoms with Crippen molar-refractivity contribution < 1.29 is 9.53 Å². The summed E-state index contributed by atoms with van der Waals surface area (Å²) in [6.45, 7) is 5.38. The van der Waals surface area contributed by atoms with Gasteiger partial charge in [0, 0.05) is 25.0 Å². The van der Waals surface area contributed by atoms with Crippen LogP contribution in [0.2, 0.25) is 0 Å². The number of carbonyl (C=O) groups excluding carboxylic acids is 1. The SMILES string of the molecule is C[C@H]1CCN(C[C@H](c2ccccc2)N(C)C(=O)[C@H]2CCc3cc(-c4cccs4)ccc3O2)C1. The first-order valence-corrected chi connectivity index (χ1v) is 12.8. The summed E-state index contributed by atoms with van der Waals surface area (Å²) in [6, 6.07) is 21.0. The molecular formula is C28H32N2O2S. The highest BCUT2D eigenvalue weighted by molar-refractivity contribution is 7.13. The lowest BCUT2D eigenvalue weighted by Gasteiger charge is -2.35. The summed E-state index contributed by atoms with van der Waals surface area (Å²) >= 11 is 1.74. The topological polar surface area (TPSA) is 32.8 Å². The van der Waals surface area contributed by atoms with Crippen molar-refractivity contribution in [3.05, 3.63) is 77.2 Å². The van der Waals surface area contributed by atoms with Crippen LogP contribution < -0.4 is 4.74 Å². The highest BCUT2D eigenvalue weighted by Crippen LogP contribution is 2.35. The van der Waals surface area contributed by atoms with E-state index in [9.17, 15) is 4.79 Å². The van der Waals surface area contributed by atoms with Crippen LogP contribution in [-0.2, 0) is 11.2 Å². The molecule has 0 radical (unpaired) electrons. The summed E-state index contributed by atoms with van der Waals surface area (Å²) in [5, 5.41) is 2.10. The zero-order chi connectivity index (χ0) is 22.8. The van der Waals surface area contributed by atoms with E-state index in [1.807, 2.05) is 24.1 Å². The summed E-state index contributed by atoms with van der Waals surface area (Å²) < 4.78 is 6.26. The molecule has 33 heavy (non-hydrogen) atoms. The van der Waals surface area contributed by atoms with Gasteiger partial charge in [-0.1, -0.05) is 43.3 Å². The molecule has 5 rings (SSSR count). The van der Waals surface area contributed by atoms with Gasteiger partial charge in [0.15, 0.2) is 6.10 Å². The predicted octanol–water partition coefficient (Wildman–Crippen LogP) is 5.65. The van der Waals surface area contributed by atoms with Crippen molar-refractivity contribution in [3.8, 4) is 16.2 Å². The summed E-state index contributed by atoms with van der Waals surface area (Å²) in [6.07, 6.45) is 2.37. The zero-order valence-corrected chi connectivity index (χ0v) is 20.3. The van der Waals surface area contributed by atoms with E-state index in [0.29, 0.717) is 6.42 Å². The fraction of sp³-hybridized carbons (Fsp3) is 0.393. The van der Waals surface area contributed by atoms with E-state index in [1.165, 1.54) is 28.0 Å². The van der Waals surface area contributed by atoms with Crippen molar-refractivity contribution in [2.24, 2.45) is 5.92 Å². The first kappa shape index (κ1) is 22.2. The third-order valence-corrected chi connectivity index (χ3v) is 7.94. The van der Waals surface area contributed by atoms with Gasteiger partial charge in [0.25, 0.3) is 5.91 Å². The quantitative estimate of drug-likeness (QED) is 0.477. The summed E-state index contributed by atoms with van der Waals surface area (Å²) in [5.74, 6) is 1.64. The van der Waals surface area contributed by atoms with Gasteiger partial charge < -0.3 is 14.5 Å². The largest absolute Gasteiger partial charge is 0.480 e. The number of likely N-dealkylation sites (tertiary alicyclic amines) is 1. The minimum absolute atomic E-state index is 0.0233. The Morgan fingerprint density at radius 2 is 2.00 bits per heavy atom. The number of benzene rings is 2. The Morgan fingerprint density at radius 1 is 1.15 bits per heavy atom. The fourth-order valence-corrected chi connectivity index (χ4v) is 5.83. The monoisotopic (exact) mass is 460 g/mol. The second kappa shape index (κ2) is 9.70. The number of ether oxygens (including phenoxy) is 1. The number of nitrogens with zero attached hydrogens (tertiary/aromatic N) is 2. The molecule has 0 bridgehead atoms. The molecule has 1 saturated heterocycles. The van der Waals surface area contributed by atoms with Gasteiger partial charge in [-0.3, -0.25) is 4.79 Å². The van der Waals surface area contributed by atoms with Crippen molar-refractivity contribution in [2.75, 3.05) is 26.7 Å². The summed E-state index contributed by atoms with van der Waals surface area (Å²) in [7, 11) is 1.94. The molecule has 0 saturated carbocycles. The van der Waals surface area contributed by atoms with Crippen LogP contribution in [-0.4, -0.2) is 48.5 Å². The van der Waals surface area contributed by atoms with Crippen molar-refractivity contribution in [1.82, 2.24) is 9.80 Å². The number of aryl methyl sites for hydroxylation is 1. The molecule has 1 amide bonds. The number of thiophene rings is 1. The normalized spacial score (nSPS) is 21.3. The molecule has 3 aromatic rings. The first-order chi connectivity index (χ1) is 16.1. The Labute approximate surface area is 200 Å². The van der Waals surface area contributed by atoms with Crippen molar-refractivity contribution >= 4 is 17.2 Å². The van der Waals surface area contributed by atoms with Crippen LogP contribution in [0.5, 0.6) is 5.75 Å². The average molecular weight is 461 g/mol. The van der Waals surface area contributed by atoms with Crippen LogP contribution in [0.25, 0.3) is 10.4 Å². The highest BCUT2D eigenvalue weighted by atomic mass is 32.1. The van der Waals surface area contributed by atoms with Gasteiger partial charge >= 0.3 is 0 Å². The van der Waals surface area contributed by atoms with Crippen LogP contribution in [0.3, 0.4) is 0 Å². The number of amides is 1. The number of carbonyl (C=O) groups is 1. The van der Waals surface area contributed by atoms with Crippen molar-refractivity contribution in [1.29, 1.82) is 0 Å². The molecule has 3 atom stereocenters. The fourth-order valence-electron chi connectivity index (χ4n) is 5.10. The molecule has 1 fully saturated rings. The van der Waals surface area contributed by atoms with Gasteiger partial charge in [-0.2, -0.15) is 0 Å². The molecule has 3 heterocycles. The predicted molar refractivity (Wildman–Crippen MR) is 135 cm³/mol. The van der Waals surface area contributed by atoms with Crippen LogP contribution in [0.1, 0.15) is 36.9 Å². The molecule has 0 unspecified atom stereocenters. The minimum Gasteiger partial charge on any atom is -0.480 e. The highest BCUT2D eigenvalue weighted by Gasteiger charge is 2.33. The van der Waals surface area contributed by atoms with Gasteiger partial charge in [-0.05, 0) is 78.1 Å². The Bertz CT molecular complexity index is 1080. The number of fused-ring (bicyclic) bond motifs is 1. The summed E-state index contributed by atoms with van der Waals surface area (Å²) in [5.41, 5.74) is 3.60. The minimum atomic E-state index is -0.432. The molecular weight excluding hydrogens is 428 g/mol. The van der Waals surface area contributed by atoms with E-state index in [1.54, 1.807) is 11.3 Å². The first-order valence-electron chi connectivity index (χ1n) is 12.0. The maximum absolute atomic E-state index is 13.6. The molecule has 2 aliphatic rings. The van der Waals surface area contributed by atoms with Crippen molar-refractivity contribution in [3.63, 3.8) is 0 Å². The second-order valence-electron chi connectivity index (χ2n) is 9.47. The Morgan fingerprint density at radius 3 is 2.73 bits per heavy atom. The van der Waals surface area contributed by atoms with E-state index in [-0.39, 0.29) is 11.9 Å². The van der Waals surface area contributed by atoms with E-state index in [2.05, 4.69) is 65.7 Å². The van der Waals surface area contributed by atoms with E-state index in [4.69, 9.17) is 4.74 Å². The Balaban J connectivity index is 1.32. The smallest absolute Gasteiger partial charge is 0.263 e. The lowest BCUT2D eigenvalue weighted by atomic mass is 9.98. The molecule has 2 aromatic carbocycles. The van der Waals surface area contributed by atoms with Gasteiger partial charge in [0.2, 0.25) is 0 Å². The lowest BCUT2D eigenvalue weighted by Crippen LogP contribution is -2.46. The number of rotatable bonds is 6. The number of hydrogen-bond acceptors (Lipinski definition) is 4. The molecule has 0 N–H and O–H groups in total. The van der Waals surface area contributed by atoms with Crippen LogP contribution in [0.4, 0.5) is 0 Å². The van der Waals surface area contributed by atoms with Gasteiger partial charge in [-0.15, -0.1) is 11.3 Å². The van der Waals surface area contributed by atoms with E-state index >= 15 is 0 Å². The van der Waals surface area contributed by atoms with Crippen LogP contribution in [0.15, 0.2) is 66.0 Å². The molecule has 5 heteroatoms. The number of hydrogen-bond donors (Lipinski definition) is 0. The Hall–Kier alpha value is -2.63. The molecule has 0 spiro atoms. The van der Waals surface area contributed by atoms with E-state index < -0.39 is 6.10 Å². The van der Waals surface area contributed by atoms with Crippen LogP contribution >= 0.6 is 11.3 Å². The third kappa shape index (κ3) is 4.85. The van der Waals surface area contributed by atoms with Gasteiger partial charge in [-0.25, -0.2) is 0 Å². The molecule has 1 aromatic heterocycles. The van der Waals surface area contributed by atoms with Gasteiger partial charge in [0.05, 0.1) is 6.04 Å². The average Bonchev–Trinajstić information content (AvgIpc) is 3.53. The number of likely N-dealkylation sites (N-methyl/N-ethyl adjacent to an activating group) is 1. The second-order valence-corrected chi connectivity index (χ2v) is 10.4. The molecule has 4 nitrogen and oxygen atoms in total. The van der Waals surface area contributed by atoms with Gasteiger partial charge in [0.1, 0.15) is 5.75 Å². The molecule has 2 aliphatic heterocycles. The van der Waals surface area contributed by atoms with Crippen molar-refractivity contribution in [2.45, 2.75) is 38.3 Å². The standard InChI is InChI=1S/C28H32N2O2S/c1-20-14-15-30(18-20)19-24(21-7-4-3-5-8-21)29(2)28(31)26-13-10-22-17-23(11-12-25(22)32-26)27-9-6-16-33-27/h3-9,11-12,16-17,20,24,26H,10,13-15,18-19H2,1-2H3/t20-,24+,26+/m0/s1. The third-order valence-electron chi connectivity index (χ3n) is 7.03. The maximum Gasteiger partial charge on any atom is 0.263 e. The molecule has 172 valence electrons.